The number of hydrogen-bond acceptors (Lipinski definition) is 2. The second kappa shape index (κ2) is 6.52. The van der Waals surface area contributed by atoms with Gasteiger partial charge in [-0.05, 0) is 24.3 Å². The van der Waals surface area contributed by atoms with E-state index in [1.807, 2.05) is 30.3 Å². The van der Waals surface area contributed by atoms with Gasteiger partial charge in [-0.2, -0.15) is 0 Å². The van der Waals surface area contributed by atoms with E-state index in [4.69, 9.17) is 0 Å². The van der Waals surface area contributed by atoms with Crippen molar-refractivity contribution in [1.29, 1.82) is 0 Å². The molecule has 0 aromatic heterocycles. The third-order valence-corrected chi connectivity index (χ3v) is 3.48. The smallest absolute Gasteiger partial charge is 0.196 e. The molecule has 0 aliphatic carbocycles. The van der Waals surface area contributed by atoms with Crippen molar-refractivity contribution in [2.45, 2.75) is 4.90 Å². The first kappa shape index (κ1) is 13.8. The van der Waals surface area contributed by atoms with Crippen molar-refractivity contribution < 1.29 is 13.2 Å². The third kappa shape index (κ3) is 3.67. The number of nitrogens with one attached hydrogen (secondary N) is 1. The van der Waals surface area contributed by atoms with Gasteiger partial charge in [-0.3, -0.25) is 0 Å². The van der Waals surface area contributed by atoms with E-state index in [2.05, 4.69) is 5.32 Å². The summed E-state index contributed by atoms with van der Waals surface area (Å²) in [6.07, 6.45) is 0. The van der Waals surface area contributed by atoms with Crippen molar-refractivity contribution in [3.63, 3.8) is 0 Å². The molecule has 0 amide bonds. The normalized spacial score (nSPS) is 10.5. The average molecular weight is 283 g/mol. The molecule has 5 heteroatoms. The molecule has 0 saturated carbocycles. The molecule has 2 rings (SSSR count). The maximum atomic E-state index is 13.3. The molecule has 1 nitrogen and oxygen atoms in total. The molecule has 2 aromatic rings. The summed E-state index contributed by atoms with van der Waals surface area (Å²) in [5.41, 5.74) is -0.0208. The lowest BCUT2D eigenvalue weighted by atomic mass is 10.3. The van der Waals surface area contributed by atoms with Gasteiger partial charge in [-0.25, -0.2) is 13.2 Å². The van der Waals surface area contributed by atoms with Crippen molar-refractivity contribution in [2.24, 2.45) is 0 Å². The molecule has 0 saturated heterocycles. The van der Waals surface area contributed by atoms with Gasteiger partial charge in [-0.1, -0.05) is 18.2 Å². The van der Waals surface area contributed by atoms with Gasteiger partial charge < -0.3 is 5.32 Å². The lowest BCUT2D eigenvalue weighted by Gasteiger charge is -2.08. The van der Waals surface area contributed by atoms with Crippen LogP contribution in [-0.2, 0) is 0 Å². The predicted molar refractivity (Wildman–Crippen MR) is 72.0 cm³/mol. The zero-order valence-electron chi connectivity index (χ0n) is 10.00. The van der Waals surface area contributed by atoms with Crippen LogP contribution in [0, 0.1) is 17.5 Å². The van der Waals surface area contributed by atoms with Crippen molar-refractivity contribution >= 4 is 17.4 Å². The quantitative estimate of drug-likeness (QED) is 0.498. The minimum atomic E-state index is -1.44. The average Bonchev–Trinajstić information content (AvgIpc) is 2.44. The topological polar surface area (TPSA) is 12.0 Å². The molecule has 0 radical (unpaired) electrons. The first-order valence-corrected chi connectivity index (χ1v) is 6.72. The van der Waals surface area contributed by atoms with E-state index < -0.39 is 17.5 Å². The minimum Gasteiger partial charge on any atom is -0.382 e. The Morgan fingerprint density at radius 3 is 2.37 bits per heavy atom. The third-order valence-electron chi connectivity index (χ3n) is 2.46. The van der Waals surface area contributed by atoms with Crippen LogP contribution in [0.15, 0.2) is 47.4 Å². The number of thioether (sulfide) groups is 1. The molecular weight excluding hydrogens is 271 g/mol. The molecule has 0 bridgehead atoms. The summed E-state index contributed by atoms with van der Waals surface area (Å²) in [6.45, 7) is 0.460. The van der Waals surface area contributed by atoms with Gasteiger partial charge in [0.2, 0.25) is 0 Å². The van der Waals surface area contributed by atoms with E-state index in [0.717, 1.165) is 11.0 Å². The van der Waals surface area contributed by atoms with Gasteiger partial charge in [0, 0.05) is 17.2 Å². The van der Waals surface area contributed by atoms with Gasteiger partial charge in [0.1, 0.15) is 0 Å². The molecule has 1 N–H and O–H groups in total. The highest BCUT2D eigenvalue weighted by Gasteiger charge is 2.12. The number of benzene rings is 2. The van der Waals surface area contributed by atoms with Crippen molar-refractivity contribution in [3.05, 3.63) is 59.9 Å². The minimum absolute atomic E-state index is 0.0208. The molecule has 2 aromatic carbocycles. The number of rotatable bonds is 5. The highest BCUT2D eigenvalue weighted by Crippen LogP contribution is 2.20. The van der Waals surface area contributed by atoms with Gasteiger partial charge in [-0.15, -0.1) is 11.8 Å². The molecule has 0 heterocycles. The largest absolute Gasteiger partial charge is 0.382 e. The van der Waals surface area contributed by atoms with Crippen LogP contribution in [0.1, 0.15) is 0 Å². The highest BCUT2D eigenvalue weighted by atomic mass is 32.2. The maximum Gasteiger partial charge on any atom is 0.196 e. The van der Waals surface area contributed by atoms with E-state index in [1.165, 1.54) is 6.07 Å². The zero-order valence-corrected chi connectivity index (χ0v) is 10.8. The first-order chi connectivity index (χ1) is 9.18. The van der Waals surface area contributed by atoms with Crippen molar-refractivity contribution in [1.82, 2.24) is 0 Å². The van der Waals surface area contributed by atoms with Gasteiger partial charge in [0.15, 0.2) is 17.5 Å². The van der Waals surface area contributed by atoms with Crippen LogP contribution in [0.4, 0.5) is 18.9 Å². The van der Waals surface area contributed by atoms with Gasteiger partial charge in [0.05, 0.1) is 5.69 Å². The Morgan fingerprint density at radius 2 is 1.63 bits per heavy atom. The van der Waals surface area contributed by atoms with E-state index in [-0.39, 0.29) is 5.69 Å². The Balaban J connectivity index is 1.85. The Morgan fingerprint density at radius 1 is 0.895 bits per heavy atom. The summed E-state index contributed by atoms with van der Waals surface area (Å²) >= 11 is 1.60. The molecule has 19 heavy (non-hydrogen) atoms. The first-order valence-electron chi connectivity index (χ1n) is 5.73. The van der Waals surface area contributed by atoms with Crippen LogP contribution in [-0.4, -0.2) is 12.3 Å². The summed E-state index contributed by atoms with van der Waals surface area (Å²) in [4.78, 5) is 1.11. The fourth-order valence-corrected chi connectivity index (χ4v) is 2.32. The zero-order chi connectivity index (χ0) is 13.7. The SMILES string of the molecule is Fc1ccc(NCCSc2ccccc2)c(F)c1F. The Labute approximate surface area is 113 Å². The van der Waals surface area contributed by atoms with Gasteiger partial charge >= 0.3 is 0 Å². The van der Waals surface area contributed by atoms with E-state index in [1.54, 1.807) is 11.8 Å². The molecule has 0 spiro atoms. The van der Waals surface area contributed by atoms with Crippen molar-refractivity contribution in [3.8, 4) is 0 Å². The number of halogens is 3. The Bertz CT molecular complexity index is 546. The van der Waals surface area contributed by atoms with Crippen LogP contribution >= 0.6 is 11.8 Å². The molecule has 0 aliphatic rings. The Kier molecular flexibility index (Phi) is 4.74. The van der Waals surface area contributed by atoms with Crippen molar-refractivity contribution in [2.75, 3.05) is 17.6 Å². The summed E-state index contributed by atoms with van der Waals surface area (Å²) in [6, 6.07) is 11.9. The second-order valence-corrected chi connectivity index (χ2v) is 4.98. The van der Waals surface area contributed by atoms with Gasteiger partial charge in [0.25, 0.3) is 0 Å². The van der Waals surface area contributed by atoms with Crippen LogP contribution < -0.4 is 5.32 Å². The monoisotopic (exact) mass is 283 g/mol. The van der Waals surface area contributed by atoms with Crippen LogP contribution in [0.5, 0.6) is 0 Å². The molecular formula is C14H12F3NS. The fraction of sp³-hybridized carbons (Fsp3) is 0.143. The summed E-state index contributed by atoms with van der Waals surface area (Å²) in [5.74, 6) is -3.10. The van der Waals surface area contributed by atoms with E-state index >= 15 is 0 Å². The van der Waals surface area contributed by atoms with Crippen LogP contribution in [0.25, 0.3) is 0 Å². The number of hydrogen-bond donors (Lipinski definition) is 1. The second-order valence-electron chi connectivity index (χ2n) is 3.81. The molecule has 0 atom stereocenters. The van der Waals surface area contributed by atoms with E-state index in [9.17, 15) is 13.2 Å². The summed E-state index contributed by atoms with van der Waals surface area (Å²) < 4.78 is 39.0. The van der Waals surface area contributed by atoms with E-state index in [0.29, 0.717) is 12.3 Å². The Hall–Kier alpha value is -1.62. The fourth-order valence-electron chi connectivity index (χ4n) is 1.53. The number of anilines is 1. The maximum absolute atomic E-state index is 13.3. The molecule has 100 valence electrons. The highest BCUT2D eigenvalue weighted by molar-refractivity contribution is 7.99. The summed E-state index contributed by atoms with van der Waals surface area (Å²) in [7, 11) is 0. The molecule has 0 aliphatic heterocycles. The standard InChI is InChI=1S/C14H12F3NS/c15-11-6-7-12(14(17)13(11)16)18-8-9-19-10-4-2-1-3-5-10/h1-7,18H,8-9H2. The van der Waals surface area contributed by atoms with Crippen LogP contribution in [0.3, 0.4) is 0 Å². The molecule has 0 unspecified atom stereocenters. The predicted octanol–water partition coefficient (Wildman–Crippen LogP) is 4.31. The van der Waals surface area contributed by atoms with Crippen LogP contribution in [0.2, 0.25) is 0 Å². The lowest BCUT2D eigenvalue weighted by molar-refractivity contribution is 0.449. The molecule has 0 fully saturated rings. The lowest BCUT2D eigenvalue weighted by Crippen LogP contribution is -2.07. The summed E-state index contributed by atoms with van der Waals surface area (Å²) in [5, 5.41) is 2.75.